The number of aryl methyl sites for hydroxylation is 1. The molecular formula is C33H51NO. The first kappa shape index (κ1) is 27.8. The molecule has 0 amide bonds. The molecule has 2 aromatic rings. The molecule has 0 atom stereocenters. The smallest absolute Gasteiger partial charge is 0.119 e. The van der Waals surface area contributed by atoms with Crippen molar-refractivity contribution in [3.63, 3.8) is 0 Å². The highest BCUT2D eigenvalue weighted by Crippen LogP contribution is 2.34. The maximum Gasteiger partial charge on any atom is 0.119 e. The van der Waals surface area contributed by atoms with E-state index in [1.165, 1.54) is 108 Å². The number of benzene rings is 1. The van der Waals surface area contributed by atoms with Gasteiger partial charge in [-0.15, -0.1) is 0 Å². The Hall–Kier alpha value is -1.83. The van der Waals surface area contributed by atoms with E-state index in [0.717, 1.165) is 41.9 Å². The Balaban J connectivity index is 1.28. The molecule has 1 saturated carbocycles. The number of ether oxygens (including phenoxy) is 1. The summed E-state index contributed by atoms with van der Waals surface area (Å²) in [6, 6.07) is 12.9. The number of nitrogens with zero attached hydrogens (tertiary/aromatic N) is 1. The monoisotopic (exact) mass is 477 g/mol. The van der Waals surface area contributed by atoms with E-state index >= 15 is 0 Å². The molecule has 2 nitrogen and oxygen atoms in total. The van der Waals surface area contributed by atoms with Crippen molar-refractivity contribution in [2.75, 3.05) is 6.61 Å². The zero-order chi connectivity index (χ0) is 24.6. The molecule has 2 heteroatoms. The van der Waals surface area contributed by atoms with Crippen LogP contribution in [0.25, 0.3) is 11.3 Å². The number of pyridine rings is 1. The first-order valence-corrected chi connectivity index (χ1v) is 15.0. The normalized spacial score (nSPS) is 18.0. The minimum atomic E-state index is 0.835. The topological polar surface area (TPSA) is 22.1 Å². The molecule has 1 fully saturated rings. The van der Waals surface area contributed by atoms with Gasteiger partial charge in [-0.3, -0.25) is 4.98 Å². The van der Waals surface area contributed by atoms with Crippen molar-refractivity contribution in [2.24, 2.45) is 11.8 Å². The minimum Gasteiger partial charge on any atom is -0.494 e. The predicted octanol–water partition coefficient (Wildman–Crippen LogP) is 10.2. The number of hydrogen-bond donors (Lipinski definition) is 0. The Morgan fingerprint density at radius 1 is 0.686 bits per heavy atom. The standard InChI is InChI=1S/C33H51NO/c1-3-5-7-9-11-13-28-16-18-29(19-17-28)15-12-26-35-32-23-21-31(22-24-32)33-25-20-30(27-34-33)14-10-8-6-4-2/h20-25,27-29H,3-19,26H2,1-2H3. The summed E-state index contributed by atoms with van der Waals surface area (Å²) in [6.07, 6.45) is 25.3. The van der Waals surface area contributed by atoms with Gasteiger partial charge in [0.25, 0.3) is 0 Å². The van der Waals surface area contributed by atoms with Gasteiger partial charge in [0.2, 0.25) is 0 Å². The number of unbranched alkanes of at least 4 members (excludes halogenated alkanes) is 7. The highest BCUT2D eigenvalue weighted by molar-refractivity contribution is 5.60. The summed E-state index contributed by atoms with van der Waals surface area (Å²) >= 11 is 0. The summed E-state index contributed by atoms with van der Waals surface area (Å²) in [6.45, 7) is 5.40. The Labute approximate surface area is 216 Å². The molecule has 1 aromatic carbocycles. The Kier molecular flexibility index (Phi) is 13.3. The van der Waals surface area contributed by atoms with Crippen molar-refractivity contribution in [1.29, 1.82) is 0 Å². The summed E-state index contributed by atoms with van der Waals surface area (Å²) in [7, 11) is 0. The van der Waals surface area contributed by atoms with Crippen LogP contribution in [0, 0.1) is 11.8 Å². The predicted molar refractivity (Wildman–Crippen MR) is 151 cm³/mol. The number of rotatable bonds is 17. The van der Waals surface area contributed by atoms with Gasteiger partial charge in [0.15, 0.2) is 0 Å². The third-order valence-corrected chi connectivity index (χ3v) is 8.00. The highest BCUT2D eigenvalue weighted by Gasteiger charge is 2.20. The van der Waals surface area contributed by atoms with Crippen LogP contribution in [0.3, 0.4) is 0 Å². The molecule has 0 aliphatic heterocycles. The van der Waals surface area contributed by atoms with Crippen LogP contribution in [0.2, 0.25) is 0 Å². The van der Waals surface area contributed by atoms with Gasteiger partial charge in [0.1, 0.15) is 5.75 Å². The zero-order valence-electron chi connectivity index (χ0n) is 22.8. The van der Waals surface area contributed by atoms with Gasteiger partial charge in [-0.25, -0.2) is 0 Å². The first-order valence-electron chi connectivity index (χ1n) is 15.0. The molecule has 194 valence electrons. The summed E-state index contributed by atoms with van der Waals surface area (Å²) in [4.78, 5) is 4.70. The van der Waals surface area contributed by atoms with Crippen LogP contribution in [0.5, 0.6) is 5.75 Å². The molecule has 1 aliphatic carbocycles. The first-order chi connectivity index (χ1) is 17.3. The second-order valence-corrected chi connectivity index (χ2v) is 11.0. The maximum absolute atomic E-state index is 6.06. The van der Waals surface area contributed by atoms with Crippen LogP contribution in [0.4, 0.5) is 0 Å². The van der Waals surface area contributed by atoms with Crippen molar-refractivity contribution in [1.82, 2.24) is 4.98 Å². The van der Waals surface area contributed by atoms with Gasteiger partial charge in [-0.1, -0.05) is 103 Å². The molecule has 0 radical (unpaired) electrons. The second kappa shape index (κ2) is 16.8. The average Bonchev–Trinajstić information content (AvgIpc) is 2.90. The van der Waals surface area contributed by atoms with Crippen molar-refractivity contribution in [3.05, 3.63) is 48.2 Å². The Bertz CT molecular complexity index is 774. The van der Waals surface area contributed by atoms with Crippen LogP contribution in [-0.4, -0.2) is 11.6 Å². The highest BCUT2D eigenvalue weighted by atomic mass is 16.5. The van der Waals surface area contributed by atoms with Crippen LogP contribution < -0.4 is 4.74 Å². The fourth-order valence-electron chi connectivity index (χ4n) is 5.63. The van der Waals surface area contributed by atoms with Gasteiger partial charge in [0, 0.05) is 11.8 Å². The second-order valence-electron chi connectivity index (χ2n) is 11.0. The molecular weight excluding hydrogens is 426 g/mol. The van der Waals surface area contributed by atoms with Gasteiger partial charge in [-0.05, 0) is 73.4 Å². The van der Waals surface area contributed by atoms with Crippen molar-refractivity contribution in [3.8, 4) is 17.0 Å². The van der Waals surface area contributed by atoms with E-state index in [2.05, 4.69) is 50.2 Å². The maximum atomic E-state index is 6.06. The van der Waals surface area contributed by atoms with Gasteiger partial charge >= 0.3 is 0 Å². The largest absolute Gasteiger partial charge is 0.494 e. The lowest BCUT2D eigenvalue weighted by Gasteiger charge is -2.28. The minimum absolute atomic E-state index is 0.835. The van der Waals surface area contributed by atoms with Crippen molar-refractivity contribution >= 4 is 0 Å². The average molecular weight is 478 g/mol. The van der Waals surface area contributed by atoms with Crippen LogP contribution in [0.15, 0.2) is 42.6 Å². The third-order valence-electron chi connectivity index (χ3n) is 8.00. The molecule has 1 heterocycles. The molecule has 3 rings (SSSR count). The molecule has 35 heavy (non-hydrogen) atoms. The van der Waals surface area contributed by atoms with Gasteiger partial charge in [0.05, 0.1) is 12.3 Å². The molecule has 0 bridgehead atoms. The lowest BCUT2D eigenvalue weighted by molar-refractivity contribution is 0.228. The molecule has 1 aliphatic rings. The molecule has 0 spiro atoms. The van der Waals surface area contributed by atoms with Gasteiger partial charge in [-0.2, -0.15) is 0 Å². The van der Waals surface area contributed by atoms with E-state index in [4.69, 9.17) is 9.72 Å². The van der Waals surface area contributed by atoms with Crippen LogP contribution in [-0.2, 0) is 6.42 Å². The quantitative estimate of drug-likeness (QED) is 0.211. The summed E-state index contributed by atoms with van der Waals surface area (Å²) in [5.41, 5.74) is 3.56. The summed E-state index contributed by atoms with van der Waals surface area (Å²) in [5, 5.41) is 0. The summed E-state index contributed by atoms with van der Waals surface area (Å²) in [5.74, 6) is 2.92. The van der Waals surface area contributed by atoms with Crippen molar-refractivity contribution < 1.29 is 4.74 Å². The van der Waals surface area contributed by atoms with Crippen LogP contribution in [0.1, 0.15) is 122 Å². The lowest BCUT2D eigenvalue weighted by Crippen LogP contribution is -2.15. The van der Waals surface area contributed by atoms with E-state index in [1.807, 2.05) is 6.20 Å². The lowest BCUT2D eigenvalue weighted by atomic mass is 9.78. The van der Waals surface area contributed by atoms with E-state index in [-0.39, 0.29) is 0 Å². The molecule has 0 N–H and O–H groups in total. The SMILES string of the molecule is CCCCCCCC1CCC(CCCOc2ccc(-c3ccc(CCCCCC)cn3)cc2)CC1. The fraction of sp³-hybridized carbons (Fsp3) is 0.667. The molecule has 0 unspecified atom stereocenters. The van der Waals surface area contributed by atoms with E-state index in [9.17, 15) is 0 Å². The molecule has 1 aromatic heterocycles. The Morgan fingerprint density at radius 3 is 1.94 bits per heavy atom. The Morgan fingerprint density at radius 2 is 1.31 bits per heavy atom. The van der Waals surface area contributed by atoms with E-state index < -0.39 is 0 Å². The molecule has 0 saturated heterocycles. The van der Waals surface area contributed by atoms with Gasteiger partial charge < -0.3 is 4.74 Å². The number of aromatic nitrogens is 1. The zero-order valence-corrected chi connectivity index (χ0v) is 22.8. The third kappa shape index (κ3) is 10.8. The van der Waals surface area contributed by atoms with Crippen molar-refractivity contribution in [2.45, 2.75) is 123 Å². The van der Waals surface area contributed by atoms with Crippen LogP contribution >= 0.6 is 0 Å². The van der Waals surface area contributed by atoms with E-state index in [0.29, 0.717) is 0 Å². The summed E-state index contributed by atoms with van der Waals surface area (Å²) < 4.78 is 6.06. The fourth-order valence-corrected chi connectivity index (χ4v) is 5.63. The number of hydrogen-bond acceptors (Lipinski definition) is 2. The van der Waals surface area contributed by atoms with E-state index in [1.54, 1.807) is 0 Å².